The van der Waals surface area contributed by atoms with Crippen LogP contribution in [0.5, 0.6) is 0 Å². The Bertz CT molecular complexity index is 572. The highest BCUT2D eigenvalue weighted by molar-refractivity contribution is 4.87. The Hall–Kier alpha value is -0.480. The zero-order valence-electron chi connectivity index (χ0n) is 21.0. The van der Waals surface area contributed by atoms with Crippen LogP contribution in [0.15, 0.2) is 12.2 Å². The molecule has 2 nitrogen and oxygen atoms in total. The molecule has 1 saturated heterocycles. The van der Waals surface area contributed by atoms with Crippen LogP contribution >= 0.6 is 0 Å². The summed E-state index contributed by atoms with van der Waals surface area (Å²) < 4.78 is 37.1. The molecule has 0 N–H and O–H groups in total. The van der Waals surface area contributed by atoms with Gasteiger partial charge >= 0.3 is 0 Å². The van der Waals surface area contributed by atoms with Gasteiger partial charge in [0.05, 0.1) is 13.2 Å². The summed E-state index contributed by atoms with van der Waals surface area (Å²) in [5, 5.41) is 0. The van der Waals surface area contributed by atoms with Crippen molar-refractivity contribution in [3.63, 3.8) is 0 Å². The van der Waals surface area contributed by atoms with Crippen LogP contribution in [0.25, 0.3) is 0 Å². The number of ether oxygens (including phenoxy) is 2. The minimum Gasteiger partial charge on any atom is -0.352 e. The molecule has 0 aromatic rings. The molecule has 0 radical (unpaired) electrons. The van der Waals surface area contributed by atoms with E-state index < -0.39 is 6.08 Å². The van der Waals surface area contributed by atoms with Crippen LogP contribution in [-0.2, 0) is 9.47 Å². The second kappa shape index (κ2) is 13.0. The summed E-state index contributed by atoms with van der Waals surface area (Å²) >= 11 is 0. The highest BCUT2D eigenvalue weighted by atomic mass is 19.3. The summed E-state index contributed by atoms with van der Waals surface area (Å²) in [7, 11) is 0. The number of hydrogen-bond acceptors (Lipinski definition) is 2. The molecule has 190 valence electrons. The van der Waals surface area contributed by atoms with E-state index in [1.165, 1.54) is 89.9 Å². The molecule has 0 aromatic heterocycles. The Kier molecular flexibility index (Phi) is 10.1. The van der Waals surface area contributed by atoms with Crippen molar-refractivity contribution in [3.8, 4) is 0 Å². The highest BCUT2D eigenvalue weighted by Crippen LogP contribution is 2.44. The van der Waals surface area contributed by atoms with Gasteiger partial charge in [0.25, 0.3) is 6.08 Å². The Morgan fingerprint density at radius 2 is 1.09 bits per heavy atom. The van der Waals surface area contributed by atoms with Crippen molar-refractivity contribution in [1.82, 2.24) is 0 Å². The molecule has 4 aliphatic rings. The summed E-state index contributed by atoms with van der Waals surface area (Å²) in [6.07, 6.45) is 19.7. The zero-order valence-corrected chi connectivity index (χ0v) is 21.0. The molecule has 3 saturated carbocycles. The number of halogens is 2. The van der Waals surface area contributed by atoms with Crippen LogP contribution in [0.2, 0.25) is 0 Å². The van der Waals surface area contributed by atoms with Crippen LogP contribution in [0.3, 0.4) is 0 Å². The molecule has 3 aliphatic carbocycles. The first-order valence-corrected chi connectivity index (χ1v) is 14.4. The predicted molar refractivity (Wildman–Crippen MR) is 130 cm³/mol. The van der Waals surface area contributed by atoms with Crippen LogP contribution < -0.4 is 0 Å². The summed E-state index contributed by atoms with van der Waals surface area (Å²) in [5.74, 6) is 5.37. The van der Waals surface area contributed by atoms with Gasteiger partial charge in [-0.25, -0.2) is 0 Å². The monoisotopic (exact) mass is 466 g/mol. The fourth-order valence-corrected chi connectivity index (χ4v) is 7.70. The summed E-state index contributed by atoms with van der Waals surface area (Å²) in [4.78, 5) is 0. The quantitative estimate of drug-likeness (QED) is 0.356. The average molecular weight is 467 g/mol. The van der Waals surface area contributed by atoms with Gasteiger partial charge in [-0.1, -0.05) is 32.6 Å². The molecule has 4 rings (SSSR count). The van der Waals surface area contributed by atoms with Gasteiger partial charge in [-0.2, -0.15) is 8.78 Å². The van der Waals surface area contributed by atoms with Crippen molar-refractivity contribution >= 4 is 0 Å². The fraction of sp³-hybridized carbons (Fsp3) is 0.931. The average Bonchev–Trinajstić information content (AvgIpc) is 2.85. The Labute approximate surface area is 201 Å². The molecule has 1 heterocycles. The van der Waals surface area contributed by atoms with Gasteiger partial charge in [-0.05, 0) is 113 Å². The van der Waals surface area contributed by atoms with Crippen molar-refractivity contribution in [1.29, 1.82) is 0 Å². The van der Waals surface area contributed by atoms with Crippen LogP contribution in [0.4, 0.5) is 8.78 Å². The lowest BCUT2D eigenvalue weighted by Crippen LogP contribution is -2.41. The smallest absolute Gasteiger partial charge is 0.266 e. The van der Waals surface area contributed by atoms with Gasteiger partial charge in [0.15, 0.2) is 6.29 Å². The van der Waals surface area contributed by atoms with Crippen molar-refractivity contribution in [2.45, 2.75) is 116 Å². The molecule has 33 heavy (non-hydrogen) atoms. The van der Waals surface area contributed by atoms with E-state index in [1.807, 2.05) is 0 Å². The van der Waals surface area contributed by atoms with E-state index in [-0.39, 0.29) is 6.29 Å². The Morgan fingerprint density at radius 3 is 1.61 bits per heavy atom. The SMILES string of the molecule is CCCC1CCC(C2OCC(C3CCC(C4CCC(CCC=C(F)F)CC4)CC3)CO2)CC1. The molecular formula is C29H48F2O2. The van der Waals surface area contributed by atoms with Crippen molar-refractivity contribution in [3.05, 3.63) is 12.2 Å². The lowest BCUT2D eigenvalue weighted by molar-refractivity contribution is -0.237. The predicted octanol–water partition coefficient (Wildman–Crippen LogP) is 8.76. The van der Waals surface area contributed by atoms with Crippen molar-refractivity contribution in [2.24, 2.45) is 41.4 Å². The second-order valence-electron chi connectivity index (χ2n) is 11.9. The number of rotatable bonds is 8. The first kappa shape index (κ1) is 25.6. The molecule has 0 amide bonds. The molecule has 0 unspecified atom stereocenters. The van der Waals surface area contributed by atoms with Gasteiger partial charge in [-0.3, -0.25) is 0 Å². The minimum atomic E-state index is -1.51. The highest BCUT2D eigenvalue weighted by Gasteiger charge is 2.37. The third-order valence-corrected chi connectivity index (χ3v) is 9.84. The molecule has 4 heteroatoms. The van der Waals surface area contributed by atoms with Gasteiger partial charge in [-0.15, -0.1) is 0 Å². The van der Waals surface area contributed by atoms with Gasteiger partial charge < -0.3 is 9.47 Å². The summed E-state index contributed by atoms with van der Waals surface area (Å²) in [5.41, 5.74) is 0. The number of hydrogen-bond donors (Lipinski definition) is 0. The van der Waals surface area contributed by atoms with E-state index in [0.717, 1.165) is 49.4 Å². The van der Waals surface area contributed by atoms with E-state index in [2.05, 4.69) is 6.92 Å². The second-order valence-corrected chi connectivity index (χ2v) is 11.9. The lowest BCUT2D eigenvalue weighted by atomic mass is 9.67. The van der Waals surface area contributed by atoms with Crippen LogP contribution in [-0.4, -0.2) is 19.5 Å². The minimum absolute atomic E-state index is 0.0623. The molecule has 4 fully saturated rings. The summed E-state index contributed by atoms with van der Waals surface area (Å²) in [6.45, 7) is 4.13. The summed E-state index contributed by atoms with van der Waals surface area (Å²) in [6, 6.07) is 0. The van der Waals surface area contributed by atoms with Gasteiger partial charge in [0, 0.05) is 11.8 Å². The molecule has 0 aromatic carbocycles. The normalized spacial score (nSPS) is 40.3. The molecule has 0 atom stereocenters. The first-order chi connectivity index (χ1) is 16.1. The largest absolute Gasteiger partial charge is 0.352 e. The lowest BCUT2D eigenvalue weighted by Gasteiger charge is -2.42. The van der Waals surface area contributed by atoms with E-state index in [1.54, 1.807) is 0 Å². The topological polar surface area (TPSA) is 18.5 Å². The van der Waals surface area contributed by atoms with Gasteiger partial charge in [0.1, 0.15) is 0 Å². The van der Waals surface area contributed by atoms with Crippen LogP contribution in [0, 0.1) is 41.4 Å². The van der Waals surface area contributed by atoms with Crippen molar-refractivity contribution in [2.75, 3.05) is 13.2 Å². The third kappa shape index (κ3) is 7.50. The van der Waals surface area contributed by atoms with Gasteiger partial charge in [0.2, 0.25) is 0 Å². The van der Waals surface area contributed by atoms with E-state index in [4.69, 9.17) is 9.47 Å². The molecular weight excluding hydrogens is 418 g/mol. The maximum absolute atomic E-state index is 12.2. The number of allylic oxidation sites excluding steroid dienone is 1. The Morgan fingerprint density at radius 1 is 0.636 bits per heavy atom. The maximum atomic E-state index is 12.2. The fourth-order valence-electron chi connectivity index (χ4n) is 7.70. The molecule has 0 spiro atoms. The third-order valence-electron chi connectivity index (χ3n) is 9.84. The van der Waals surface area contributed by atoms with E-state index in [9.17, 15) is 8.78 Å². The zero-order chi connectivity index (χ0) is 23.0. The van der Waals surface area contributed by atoms with E-state index in [0.29, 0.717) is 24.2 Å². The van der Waals surface area contributed by atoms with Crippen molar-refractivity contribution < 1.29 is 18.3 Å². The molecule has 1 aliphatic heterocycles. The van der Waals surface area contributed by atoms with E-state index >= 15 is 0 Å². The van der Waals surface area contributed by atoms with Crippen LogP contribution in [0.1, 0.15) is 110 Å². The Balaban J connectivity index is 1.11. The first-order valence-electron chi connectivity index (χ1n) is 14.4. The maximum Gasteiger partial charge on any atom is 0.266 e. The molecule has 0 bridgehead atoms. The standard InChI is InChI=1S/C29H48F2O2/c1-2-4-21-9-13-26(14-10-21)29-32-19-27(20-33-29)25-17-15-24(16-18-25)23-11-7-22(8-12-23)5-3-6-28(30)31/h6,21-27,29H,2-5,7-20H2,1H3.